The van der Waals surface area contributed by atoms with Gasteiger partial charge in [-0.1, -0.05) is 13.8 Å². The van der Waals surface area contributed by atoms with Crippen LogP contribution in [-0.4, -0.2) is 117 Å². The van der Waals surface area contributed by atoms with E-state index in [0.29, 0.717) is 0 Å². The molecule has 2 N–H and O–H groups in total. The molecule has 0 aromatic carbocycles. The van der Waals surface area contributed by atoms with Gasteiger partial charge in [0.2, 0.25) is 0 Å². The number of Topliss-reactive ketones (excluding diaryl/α,β-unsaturated/α-hetero) is 1. The maximum atomic E-state index is 14.7. The van der Waals surface area contributed by atoms with E-state index in [1.807, 2.05) is 0 Å². The standard InChI is InChI=1S/C34H41NO16/c1-14-15(2)29(42)50-27-24(47-17(4)37)28(49-19(6)39)33(13-45-16(3)36)26(48-18(5)38)23(40)21-25(41)34(33,32(27,8)44)51-31(21,7)12-46-30(43)20-10-9-11-35-22(14)20/h9-11,14-15,21,24-28,41,44H,12-13H2,1-8H3/t14-,15-,21+,24-,25+,26+,27-,28-,31-,32-,33+,34-/m1/s1. The van der Waals surface area contributed by atoms with Crippen molar-refractivity contribution in [1.82, 2.24) is 4.98 Å². The molecular weight excluding hydrogens is 678 g/mol. The lowest BCUT2D eigenvalue weighted by molar-refractivity contribution is -0.376. The van der Waals surface area contributed by atoms with Crippen molar-refractivity contribution in [2.24, 2.45) is 17.3 Å². The van der Waals surface area contributed by atoms with E-state index in [1.54, 1.807) is 6.92 Å². The van der Waals surface area contributed by atoms with Crippen molar-refractivity contribution >= 4 is 41.6 Å². The van der Waals surface area contributed by atoms with Crippen molar-refractivity contribution in [3.05, 3.63) is 29.6 Å². The molecule has 12 atom stereocenters. The maximum Gasteiger partial charge on any atom is 0.340 e. The van der Waals surface area contributed by atoms with E-state index in [1.165, 1.54) is 32.2 Å². The molecule has 51 heavy (non-hydrogen) atoms. The Kier molecular flexibility index (Phi) is 9.58. The summed E-state index contributed by atoms with van der Waals surface area (Å²) in [5.74, 6) is -10.8. The van der Waals surface area contributed by atoms with Gasteiger partial charge in [-0.15, -0.1) is 0 Å². The molecule has 0 amide bonds. The summed E-state index contributed by atoms with van der Waals surface area (Å²) in [6.07, 6.45) is -9.04. The van der Waals surface area contributed by atoms with Gasteiger partial charge in [-0.3, -0.25) is 33.8 Å². The molecule has 3 fully saturated rings. The zero-order valence-electron chi connectivity index (χ0n) is 29.3. The number of ether oxygens (including phenoxy) is 7. The summed E-state index contributed by atoms with van der Waals surface area (Å²) in [6.45, 7) is 7.48. The average molecular weight is 720 g/mol. The van der Waals surface area contributed by atoms with Crippen LogP contribution in [0.5, 0.6) is 0 Å². The van der Waals surface area contributed by atoms with Gasteiger partial charge in [-0.05, 0) is 26.0 Å². The summed E-state index contributed by atoms with van der Waals surface area (Å²) in [5, 5.41) is 25.3. The first-order chi connectivity index (χ1) is 23.7. The van der Waals surface area contributed by atoms with Crippen molar-refractivity contribution in [1.29, 1.82) is 0 Å². The van der Waals surface area contributed by atoms with Crippen LogP contribution in [0.2, 0.25) is 0 Å². The van der Waals surface area contributed by atoms with Crippen LogP contribution in [-0.2, 0) is 61.9 Å². The van der Waals surface area contributed by atoms with Crippen molar-refractivity contribution in [3.63, 3.8) is 0 Å². The van der Waals surface area contributed by atoms with Gasteiger partial charge in [0.1, 0.15) is 35.4 Å². The summed E-state index contributed by atoms with van der Waals surface area (Å²) < 4.78 is 40.8. The SMILES string of the molecule is CC(=O)OC[C@]12[C@H](OC(C)=O)[C@H](OC(C)=O)[C@H]3OC(=O)[C@H](C)[C@@H](C)c4ncccc4C(=O)OC[C@@]4(C)O[C@]1([C@@H](O)[C@@H]4C(=O)[C@@H]2OC(C)=O)[C@]3(C)O. The number of hydrogen-bond donors (Lipinski definition) is 2. The van der Waals surface area contributed by atoms with Crippen LogP contribution in [0, 0.1) is 17.3 Å². The van der Waals surface area contributed by atoms with E-state index in [-0.39, 0.29) is 11.3 Å². The highest BCUT2D eigenvalue weighted by atomic mass is 16.7. The highest BCUT2D eigenvalue weighted by Gasteiger charge is 2.90. The number of carbonyl (C=O) groups excluding carboxylic acids is 7. The fraction of sp³-hybridized carbons (Fsp3) is 0.647. The molecule has 17 nitrogen and oxygen atoms in total. The van der Waals surface area contributed by atoms with Gasteiger partial charge in [0, 0.05) is 39.8 Å². The van der Waals surface area contributed by atoms with Crippen LogP contribution >= 0.6 is 0 Å². The van der Waals surface area contributed by atoms with E-state index < -0.39 is 125 Å². The molecule has 3 heterocycles. The Hall–Kier alpha value is -4.48. The Morgan fingerprint density at radius 1 is 0.941 bits per heavy atom. The van der Waals surface area contributed by atoms with E-state index in [0.717, 1.165) is 34.6 Å². The number of nitrogens with zero attached hydrogens (tertiary/aromatic N) is 1. The number of esters is 6. The van der Waals surface area contributed by atoms with Gasteiger partial charge in [0.15, 0.2) is 30.2 Å². The maximum absolute atomic E-state index is 14.7. The second kappa shape index (κ2) is 12.9. The number of aliphatic hydroxyl groups is 2. The second-order valence-electron chi connectivity index (χ2n) is 14.0. The fourth-order valence-electron chi connectivity index (χ4n) is 8.41. The van der Waals surface area contributed by atoms with Gasteiger partial charge in [0.05, 0.1) is 29.2 Å². The van der Waals surface area contributed by atoms with Crippen LogP contribution < -0.4 is 0 Å². The third-order valence-corrected chi connectivity index (χ3v) is 10.7. The first-order valence-corrected chi connectivity index (χ1v) is 16.3. The molecule has 0 unspecified atom stereocenters. The molecule has 4 aliphatic rings. The minimum Gasteiger partial charge on any atom is -0.465 e. The number of rotatable bonds is 5. The monoisotopic (exact) mass is 719 g/mol. The molecule has 17 heteroatoms. The lowest BCUT2D eigenvalue weighted by Gasteiger charge is -2.66. The molecule has 1 aromatic rings. The topological polar surface area (TPSA) is 237 Å². The number of aromatic nitrogens is 1. The zero-order chi connectivity index (χ0) is 38.0. The van der Waals surface area contributed by atoms with Crippen molar-refractivity contribution < 1.29 is 76.9 Å². The molecular formula is C34H41NO16. The van der Waals surface area contributed by atoms with Crippen molar-refractivity contribution in [3.8, 4) is 0 Å². The van der Waals surface area contributed by atoms with E-state index in [9.17, 15) is 43.8 Å². The lowest BCUT2D eigenvalue weighted by atomic mass is 9.45. The second-order valence-corrected chi connectivity index (χ2v) is 14.0. The molecule has 278 valence electrons. The number of carbonyl (C=O) groups is 7. The van der Waals surface area contributed by atoms with Gasteiger partial charge < -0.3 is 43.4 Å². The summed E-state index contributed by atoms with van der Waals surface area (Å²) >= 11 is 0. The lowest BCUT2D eigenvalue weighted by Crippen LogP contribution is -2.88. The largest absolute Gasteiger partial charge is 0.465 e. The van der Waals surface area contributed by atoms with Crippen molar-refractivity contribution in [2.75, 3.05) is 13.2 Å². The molecule has 2 aliphatic heterocycles. The molecule has 4 bridgehead atoms. The number of fused-ring (bicyclic) bond motifs is 5. The fourth-order valence-corrected chi connectivity index (χ4v) is 8.41. The minimum atomic E-state index is -2.78. The van der Waals surface area contributed by atoms with E-state index >= 15 is 0 Å². The van der Waals surface area contributed by atoms with Gasteiger partial charge in [-0.25, -0.2) is 4.79 Å². The molecule has 1 aromatic heterocycles. The Balaban J connectivity index is 1.91. The quantitative estimate of drug-likeness (QED) is 0.303. The Morgan fingerprint density at radius 2 is 1.57 bits per heavy atom. The number of pyridine rings is 1. The molecule has 5 rings (SSSR count). The smallest absolute Gasteiger partial charge is 0.340 e. The Bertz CT molecular complexity index is 1670. The van der Waals surface area contributed by atoms with Gasteiger partial charge in [0.25, 0.3) is 0 Å². The molecule has 2 saturated carbocycles. The third kappa shape index (κ3) is 5.56. The number of hydrogen-bond acceptors (Lipinski definition) is 17. The predicted octanol–water partition coefficient (Wildman–Crippen LogP) is 0.100. The Morgan fingerprint density at radius 3 is 2.16 bits per heavy atom. The number of aliphatic hydroxyl groups excluding tert-OH is 1. The third-order valence-electron chi connectivity index (χ3n) is 10.7. The van der Waals surface area contributed by atoms with E-state index in [2.05, 4.69) is 4.98 Å². The predicted molar refractivity (Wildman–Crippen MR) is 165 cm³/mol. The van der Waals surface area contributed by atoms with Crippen molar-refractivity contribution in [2.45, 2.75) is 109 Å². The van der Waals surface area contributed by atoms with E-state index in [4.69, 9.17) is 33.2 Å². The van der Waals surface area contributed by atoms with Crippen LogP contribution in [0.3, 0.4) is 0 Å². The number of cyclic esters (lactones) is 1. The molecule has 0 radical (unpaired) electrons. The first kappa shape index (κ1) is 37.8. The normalized spacial score (nSPS) is 40.2. The molecule has 1 spiro atoms. The van der Waals surface area contributed by atoms with Crippen LogP contribution in [0.15, 0.2) is 18.3 Å². The molecule has 2 aliphatic carbocycles. The van der Waals surface area contributed by atoms with Gasteiger partial charge in [-0.2, -0.15) is 0 Å². The summed E-state index contributed by atoms with van der Waals surface area (Å²) in [4.78, 5) is 97.6. The Labute approximate surface area is 292 Å². The van der Waals surface area contributed by atoms with Crippen LogP contribution in [0.1, 0.15) is 77.4 Å². The summed E-state index contributed by atoms with van der Waals surface area (Å²) in [5.41, 5.74) is -10.1. The highest BCUT2D eigenvalue weighted by molar-refractivity contribution is 5.94. The average Bonchev–Trinajstić information content (AvgIpc) is 3.25. The first-order valence-electron chi connectivity index (χ1n) is 16.3. The van der Waals surface area contributed by atoms with Crippen LogP contribution in [0.4, 0.5) is 0 Å². The minimum absolute atomic E-state index is 0.0294. The summed E-state index contributed by atoms with van der Waals surface area (Å²) in [6, 6.07) is 2.89. The summed E-state index contributed by atoms with van der Waals surface area (Å²) in [7, 11) is 0. The highest BCUT2D eigenvalue weighted by Crippen LogP contribution is 2.68. The number of ketones is 1. The molecule has 1 saturated heterocycles. The van der Waals surface area contributed by atoms with Gasteiger partial charge >= 0.3 is 35.8 Å². The zero-order valence-corrected chi connectivity index (χ0v) is 29.3. The van der Waals surface area contributed by atoms with Crippen LogP contribution in [0.25, 0.3) is 0 Å².